The standard InChI is InChI=1S/C11H24O/c1-7-10(11(4,5)6)8-12-9(2)3/h9-10H,7-8H2,1-6H3. The quantitative estimate of drug-likeness (QED) is 0.631. The van der Waals surface area contributed by atoms with Crippen molar-refractivity contribution in [3.8, 4) is 0 Å². The van der Waals surface area contributed by atoms with Gasteiger partial charge >= 0.3 is 0 Å². The molecule has 0 aliphatic heterocycles. The van der Waals surface area contributed by atoms with Crippen LogP contribution in [0.1, 0.15) is 48.0 Å². The summed E-state index contributed by atoms with van der Waals surface area (Å²) < 4.78 is 5.62. The van der Waals surface area contributed by atoms with E-state index in [4.69, 9.17) is 4.74 Å². The molecule has 0 bridgehead atoms. The number of hydrogen-bond acceptors (Lipinski definition) is 1. The van der Waals surface area contributed by atoms with E-state index in [-0.39, 0.29) is 0 Å². The minimum atomic E-state index is 0.362. The highest BCUT2D eigenvalue weighted by molar-refractivity contribution is 4.72. The van der Waals surface area contributed by atoms with Crippen molar-refractivity contribution < 1.29 is 4.74 Å². The van der Waals surface area contributed by atoms with Gasteiger partial charge in [0.1, 0.15) is 0 Å². The summed E-state index contributed by atoms with van der Waals surface area (Å²) in [6, 6.07) is 0. The van der Waals surface area contributed by atoms with E-state index in [1.165, 1.54) is 6.42 Å². The summed E-state index contributed by atoms with van der Waals surface area (Å²) in [5.41, 5.74) is 0.379. The molecule has 0 aromatic heterocycles. The van der Waals surface area contributed by atoms with Crippen LogP contribution in [0.3, 0.4) is 0 Å². The Morgan fingerprint density at radius 3 is 1.92 bits per heavy atom. The van der Waals surface area contributed by atoms with E-state index >= 15 is 0 Å². The third-order valence-electron chi connectivity index (χ3n) is 2.35. The first-order valence-electron chi connectivity index (χ1n) is 4.99. The Morgan fingerprint density at radius 2 is 1.67 bits per heavy atom. The lowest BCUT2D eigenvalue weighted by atomic mass is 9.80. The van der Waals surface area contributed by atoms with Crippen LogP contribution in [0.15, 0.2) is 0 Å². The zero-order valence-electron chi connectivity index (χ0n) is 9.48. The molecule has 1 unspecified atom stereocenters. The number of hydrogen-bond donors (Lipinski definition) is 0. The van der Waals surface area contributed by atoms with Crippen molar-refractivity contribution in [2.24, 2.45) is 11.3 Å². The van der Waals surface area contributed by atoms with Gasteiger partial charge in [0, 0.05) is 0 Å². The van der Waals surface area contributed by atoms with E-state index in [9.17, 15) is 0 Å². The van der Waals surface area contributed by atoms with Crippen molar-refractivity contribution in [2.45, 2.75) is 54.1 Å². The maximum Gasteiger partial charge on any atom is 0.0519 e. The molecule has 12 heavy (non-hydrogen) atoms. The first-order valence-corrected chi connectivity index (χ1v) is 4.99. The molecule has 0 fully saturated rings. The minimum absolute atomic E-state index is 0.362. The molecule has 0 radical (unpaired) electrons. The topological polar surface area (TPSA) is 9.23 Å². The van der Waals surface area contributed by atoms with Crippen LogP contribution >= 0.6 is 0 Å². The summed E-state index contributed by atoms with van der Waals surface area (Å²) in [5.74, 6) is 0.680. The molecular weight excluding hydrogens is 148 g/mol. The molecule has 1 atom stereocenters. The van der Waals surface area contributed by atoms with E-state index in [1.807, 2.05) is 0 Å². The zero-order chi connectivity index (χ0) is 9.78. The van der Waals surface area contributed by atoms with Crippen LogP contribution in [0.2, 0.25) is 0 Å². The van der Waals surface area contributed by atoms with Gasteiger partial charge in [0.15, 0.2) is 0 Å². The van der Waals surface area contributed by atoms with Gasteiger partial charge in [-0.2, -0.15) is 0 Å². The van der Waals surface area contributed by atoms with Crippen molar-refractivity contribution in [1.29, 1.82) is 0 Å². The molecule has 0 N–H and O–H groups in total. The van der Waals surface area contributed by atoms with Crippen molar-refractivity contribution in [2.75, 3.05) is 6.61 Å². The van der Waals surface area contributed by atoms with E-state index in [0.29, 0.717) is 17.4 Å². The smallest absolute Gasteiger partial charge is 0.0519 e. The van der Waals surface area contributed by atoms with Gasteiger partial charge in [-0.3, -0.25) is 0 Å². The van der Waals surface area contributed by atoms with Gasteiger partial charge in [-0.05, 0) is 25.2 Å². The predicted octanol–water partition coefficient (Wildman–Crippen LogP) is 3.48. The highest BCUT2D eigenvalue weighted by Crippen LogP contribution is 2.28. The van der Waals surface area contributed by atoms with Gasteiger partial charge in [-0.1, -0.05) is 34.1 Å². The van der Waals surface area contributed by atoms with Crippen LogP contribution in [0.25, 0.3) is 0 Å². The van der Waals surface area contributed by atoms with Crippen LogP contribution in [0, 0.1) is 11.3 Å². The lowest BCUT2D eigenvalue weighted by molar-refractivity contribution is 0.0178. The molecule has 0 saturated heterocycles. The molecule has 0 rings (SSSR count). The molecule has 74 valence electrons. The van der Waals surface area contributed by atoms with Gasteiger partial charge < -0.3 is 4.74 Å². The summed E-state index contributed by atoms with van der Waals surface area (Å²) in [5, 5.41) is 0. The fourth-order valence-electron chi connectivity index (χ4n) is 1.29. The highest BCUT2D eigenvalue weighted by Gasteiger charge is 2.22. The van der Waals surface area contributed by atoms with Crippen LogP contribution in [0.5, 0.6) is 0 Å². The molecule has 0 aliphatic rings. The van der Waals surface area contributed by atoms with E-state index in [2.05, 4.69) is 41.5 Å². The second kappa shape index (κ2) is 4.86. The predicted molar refractivity (Wildman–Crippen MR) is 54.3 cm³/mol. The van der Waals surface area contributed by atoms with Crippen LogP contribution in [-0.4, -0.2) is 12.7 Å². The first kappa shape index (κ1) is 12.0. The van der Waals surface area contributed by atoms with E-state index < -0.39 is 0 Å². The molecule has 0 aromatic rings. The summed E-state index contributed by atoms with van der Waals surface area (Å²) in [7, 11) is 0. The van der Waals surface area contributed by atoms with Crippen molar-refractivity contribution in [3.63, 3.8) is 0 Å². The number of ether oxygens (including phenoxy) is 1. The maximum atomic E-state index is 5.62. The Hall–Kier alpha value is -0.0400. The van der Waals surface area contributed by atoms with Gasteiger partial charge in [0.25, 0.3) is 0 Å². The Kier molecular flexibility index (Phi) is 4.84. The van der Waals surface area contributed by atoms with E-state index in [0.717, 1.165) is 6.61 Å². The van der Waals surface area contributed by atoms with Crippen molar-refractivity contribution in [3.05, 3.63) is 0 Å². The number of rotatable bonds is 4. The normalized spacial score (nSPS) is 15.2. The van der Waals surface area contributed by atoms with Crippen LogP contribution in [0.4, 0.5) is 0 Å². The molecule has 0 saturated carbocycles. The van der Waals surface area contributed by atoms with Gasteiger partial charge in [0.05, 0.1) is 12.7 Å². The van der Waals surface area contributed by atoms with Crippen LogP contribution < -0.4 is 0 Å². The zero-order valence-corrected chi connectivity index (χ0v) is 9.48. The summed E-state index contributed by atoms with van der Waals surface area (Å²) in [4.78, 5) is 0. The van der Waals surface area contributed by atoms with E-state index in [1.54, 1.807) is 0 Å². The Morgan fingerprint density at radius 1 is 1.17 bits per heavy atom. The molecule has 0 aliphatic carbocycles. The van der Waals surface area contributed by atoms with Crippen molar-refractivity contribution >= 4 is 0 Å². The lowest BCUT2D eigenvalue weighted by Crippen LogP contribution is -2.25. The SMILES string of the molecule is CCC(COC(C)C)C(C)(C)C. The molecule has 1 heteroatoms. The lowest BCUT2D eigenvalue weighted by Gasteiger charge is -2.30. The summed E-state index contributed by atoms with van der Waals surface area (Å²) in [6.45, 7) is 14.2. The average Bonchev–Trinajstić information content (AvgIpc) is 1.85. The molecule has 0 spiro atoms. The van der Waals surface area contributed by atoms with Gasteiger partial charge in [-0.25, -0.2) is 0 Å². The third-order valence-corrected chi connectivity index (χ3v) is 2.35. The molecule has 1 nitrogen and oxygen atoms in total. The van der Waals surface area contributed by atoms with Gasteiger partial charge in [-0.15, -0.1) is 0 Å². The first-order chi connectivity index (χ1) is 5.38. The molecule has 0 heterocycles. The Bertz CT molecular complexity index is 111. The molecule has 0 aromatic carbocycles. The average molecular weight is 172 g/mol. The molecule has 0 amide bonds. The fourth-order valence-corrected chi connectivity index (χ4v) is 1.29. The second-order valence-electron chi connectivity index (χ2n) is 4.85. The van der Waals surface area contributed by atoms with Gasteiger partial charge in [0.2, 0.25) is 0 Å². The largest absolute Gasteiger partial charge is 0.378 e. The molecular formula is C11H24O. The summed E-state index contributed by atoms with van der Waals surface area (Å²) in [6.07, 6.45) is 1.57. The Balaban J connectivity index is 3.84. The summed E-state index contributed by atoms with van der Waals surface area (Å²) >= 11 is 0. The van der Waals surface area contributed by atoms with Crippen molar-refractivity contribution in [1.82, 2.24) is 0 Å². The second-order valence-corrected chi connectivity index (χ2v) is 4.85. The fraction of sp³-hybridized carbons (Fsp3) is 1.00. The third kappa shape index (κ3) is 4.76. The highest BCUT2D eigenvalue weighted by atomic mass is 16.5. The van der Waals surface area contributed by atoms with Crippen LogP contribution in [-0.2, 0) is 4.74 Å². The monoisotopic (exact) mass is 172 g/mol. The minimum Gasteiger partial charge on any atom is -0.378 e. The maximum absolute atomic E-state index is 5.62. The Labute approximate surface area is 77.5 Å².